The van der Waals surface area contributed by atoms with Gasteiger partial charge in [-0.2, -0.15) is 0 Å². The van der Waals surface area contributed by atoms with E-state index in [1.165, 1.54) is 11.3 Å². The molecule has 1 aromatic heterocycles. The molecule has 0 saturated carbocycles. The molecular formula is C19H22N2O4S. The molecule has 0 spiro atoms. The van der Waals surface area contributed by atoms with Gasteiger partial charge >= 0.3 is 5.97 Å². The Kier molecular flexibility index (Phi) is 5.11. The molecule has 2 aromatic rings. The number of aryl methyl sites for hydroxylation is 2. The van der Waals surface area contributed by atoms with Gasteiger partial charge in [-0.3, -0.25) is 9.59 Å². The van der Waals surface area contributed by atoms with Crippen molar-refractivity contribution in [1.29, 1.82) is 0 Å². The zero-order valence-corrected chi connectivity index (χ0v) is 15.6. The Hall–Kier alpha value is -2.25. The topological polar surface area (TPSA) is 90.7 Å². The van der Waals surface area contributed by atoms with E-state index in [4.69, 9.17) is 0 Å². The number of likely N-dealkylation sites (tertiary alicyclic amines) is 1. The fraction of sp³-hybridized carbons (Fsp3) is 0.421. The summed E-state index contributed by atoms with van der Waals surface area (Å²) in [6.45, 7) is 3.93. The molecule has 1 fully saturated rings. The highest BCUT2D eigenvalue weighted by molar-refractivity contribution is 7.13. The zero-order chi connectivity index (χ0) is 18.9. The second-order valence-corrected chi connectivity index (χ2v) is 8.01. The minimum absolute atomic E-state index is 0.0202. The summed E-state index contributed by atoms with van der Waals surface area (Å²) in [6.07, 6.45) is -0.593. The lowest BCUT2D eigenvalue weighted by Gasteiger charge is -2.43. The van der Waals surface area contributed by atoms with Crippen LogP contribution in [-0.2, 0) is 11.2 Å². The maximum atomic E-state index is 12.9. The van der Waals surface area contributed by atoms with Gasteiger partial charge in [-0.25, -0.2) is 4.98 Å². The Morgan fingerprint density at radius 1 is 1.31 bits per heavy atom. The van der Waals surface area contributed by atoms with Crippen LogP contribution in [0.5, 0.6) is 0 Å². The van der Waals surface area contributed by atoms with Crippen LogP contribution in [0.25, 0.3) is 0 Å². The molecule has 0 aliphatic carbocycles. The van der Waals surface area contributed by atoms with Crippen molar-refractivity contribution in [2.45, 2.75) is 32.8 Å². The molecule has 0 unspecified atom stereocenters. The minimum atomic E-state index is -1.41. The minimum Gasteiger partial charge on any atom is -0.481 e. The average molecular weight is 374 g/mol. The van der Waals surface area contributed by atoms with E-state index < -0.39 is 17.5 Å². The smallest absolute Gasteiger partial charge is 0.314 e. The monoisotopic (exact) mass is 374 g/mol. The molecule has 138 valence electrons. The van der Waals surface area contributed by atoms with E-state index in [-0.39, 0.29) is 25.3 Å². The number of benzene rings is 1. The van der Waals surface area contributed by atoms with Crippen molar-refractivity contribution in [3.8, 4) is 0 Å². The van der Waals surface area contributed by atoms with Crippen LogP contribution in [0, 0.1) is 19.3 Å². The number of hydrogen-bond donors (Lipinski definition) is 2. The molecule has 2 heterocycles. The number of aliphatic carboxylic acids is 1. The lowest BCUT2D eigenvalue weighted by Crippen LogP contribution is -2.58. The lowest BCUT2D eigenvalue weighted by molar-refractivity contribution is -0.161. The number of amides is 1. The first-order chi connectivity index (χ1) is 12.3. The molecule has 7 heteroatoms. The van der Waals surface area contributed by atoms with E-state index >= 15 is 0 Å². The van der Waals surface area contributed by atoms with Gasteiger partial charge in [0.15, 0.2) is 0 Å². The van der Waals surface area contributed by atoms with Gasteiger partial charge in [-0.1, -0.05) is 30.3 Å². The van der Waals surface area contributed by atoms with Crippen LogP contribution >= 0.6 is 11.3 Å². The van der Waals surface area contributed by atoms with Crippen molar-refractivity contribution in [3.63, 3.8) is 0 Å². The molecule has 6 nitrogen and oxygen atoms in total. The molecule has 1 saturated heterocycles. The largest absolute Gasteiger partial charge is 0.481 e. The number of rotatable bonds is 4. The van der Waals surface area contributed by atoms with Gasteiger partial charge in [-0.15, -0.1) is 11.3 Å². The highest BCUT2D eigenvalue weighted by Crippen LogP contribution is 2.36. The molecule has 0 radical (unpaired) electrons. The second kappa shape index (κ2) is 7.17. The Morgan fingerprint density at radius 2 is 2.00 bits per heavy atom. The van der Waals surface area contributed by atoms with Crippen LogP contribution in [0.3, 0.4) is 0 Å². The first kappa shape index (κ1) is 18.5. The van der Waals surface area contributed by atoms with Gasteiger partial charge in [-0.05, 0) is 32.3 Å². The Labute approximate surface area is 156 Å². The summed E-state index contributed by atoms with van der Waals surface area (Å²) < 4.78 is 0. The van der Waals surface area contributed by atoms with Crippen molar-refractivity contribution in [2.75, 3.05) is 13.1 Å². The predicted octanol–water partition coefficient (Wildman–Crippen LogP) is 2.28. The molecule has 1 aliphatic rings. The summed E-state index contributed by atoms with van der Waals surface area (Å²) in [6, 6.07) is 9.22. The third-order valence-corrected chi connectivity index (χ3v) is 6.02. The Balaban J connectivity index is 1.90. The van der Waals surface area contributed by atoms with Crippen LogP contribution in [0.2, 0.25) is 0 Å². The number of carboxylic acids is 1. The molecule has 2 atom stereocenters. The standard InChI is InChI=1S/C19H22N2O4S/c1-12-16(26-13(2)20-12)17(23)21-9-8-15(22)19(11-21,18(24)25)10-14-6-4-3-5-7-14/h3-7,15,22H,8-11H2,1-2H3,(H,24,25)/t15-,19-/m1/s1. The first-order valence-corrected chi connectivity index (χ1v) is 9.34. The number of piperidine rings is 1. The van der Waals surface area contributed by atoms with Gasteiger partial charge in [0.25, 0.3) is 5.91 Å². The number of aliphatic hydroxyl groups is 1. The summed E-state index contributed by atoms with van der Waals surface area (Å²) in [5.74, 6) is -1.29. The zero-order valence-electron chi connectivity index (χ0n) is 14.8. The lowest BCUT2D eigenvalue weighted by atomic mass is 9.73. The van der Waals surface area contributed by atoms with Crippen LogP contribution < -0.4 is 0 Å². The second-order valence-electron chi connectivity index (χ2n) is 6.80. The number of carbonyl (C=O) groups is 2. The fourth-order valence-corrected chi connectivity index (χ4v) is 4.43. The molecule has 3 rings (SSSR count). The average Bonchev–Trinajstić information content (AvgIpc) is 2.95. The highest BCUT2D eigenvalue weighted by Gasteiger charge is 2.50. The molecule has 2 N–H and O–H groups in total. The normalized spacial score (nSPS) is 23.0. The summed E-state index contributed by atoms with van der Waals surface area (Å²) in [4.78, 5) is 31.5. The van der Waals surface area contributed by atoms with Crippen LogP contribution in [0.4, 0.5) is 0 Å². The summed E-state index contributed by atoms with van der Waals surface area (Å²) in [5.41, 5.74) is 0.0729. The number of aromatic nitrogens is 1. The molecule has 1 amide bonds. The van der Waals surface area contributed by atoms with E-state index in [0.29, 0.717) is 17.1 Å². The fourth-order valence-electron chi connectivity index (χ4n) is 3.55. The Morgan fingerprint density at radius 3 is 2.58 bits per heavy atom. The van der Waals surface area contributed by atoms with Gasteiger partial charge in [0.2, 0.25) is 0 Å². The van der Waals surface area contributed by atoms with E-state index in [0.717, 1.165) is 10.6 Å². The van der Waals surface area contributed by atoms with Gasteiger partial charge in [0.05, 0.1) is 16.8 Å². The molecule has 1 aromatic carbocycles. The molecular weight excluding hydrogens is 352 g/mol. The summed E-state index contributed by atoms with van der Waals surface area (Å²) >= 11 is 1.32. The van der Waals surface area contributed by atoms with Gasteiger partial charge in [0.1, 0.15) is 10.3 Å². The number of aliphatic hydroxyl groups excluding tert-OH is 1. The number of carboxylic acid groups (broad SMARTS) is 1. The first-order valence-electron chi connectivity index (χ1n) is 8.52. The third-order valence-electron chi connectivity index (χ3n) is 4.96. The third kappa shape index (κ3) is 3.37. The van der Waals surface area contributed by atoms with Crippen LogP contribution in [0.1, 0.15) is 32.4 Å². The SMILES string of the molecule is Cc1nc(C)c(C(=O)N2CC[C@@H](O)[C@](Cc3ccccc3)(C(=O)O)C2)s1. The number of nitrogens with zero attached hydrogens (tertiary/aromatic N) is 2. The maximum absolute atomic E-state index is 12.9. The predicted molar refractivity (Wildman–Crippen MR) is 98.3 cm³/mol. The van der Waals surface area contributed by atoms with Crippen molar-refractivity contribution >= 4 is 23.2 Å². The van der Waals surface area contributed by atoms with E-state index in [1.54, 1.807) is 11.8 Å². The van der Waals surface area contributed by atoms with Crippen LogP contribution in [-0.4, -0.2) is 51.2 Å². The number of hydrogen-bond acceptors (Lipinski definition) is 5. The quantitative estimate of drug-likeness (QED) is 0.857. The van der Waals surface area contributed by atoms with Crippen molar-refractivity contribution < 1.29 is 19.8 Å². The van der Waals surface area contributed by atoms with Crippen molar-refractivity contribution in [2.24, 2.45) is 5.41 Å². The van der Waals surface area contributed by atoms with Gasteiger partial charge < -0.3 is 15.1 Å². The highest BCUT2D eigenvalue weighted by atomic mass is 32.1. The summed E-state index contributed by atoms with van der Waals surface area (Å²) in [5, 5.41) is 21.3. The van der Waals surface area contributed by atoms with E-state index in [9.17, 15) is 19.8 Å². The van der Waals surface area contributed by atoms with E-state index in [1.807, 2.05) is 37.3 Å². The summed E-state index contributed by atoms with van der Waals surface area (Å²) in [7, 11) is 0. The van der Waals surface area contributed by atoms with Crippen LogP contribution in [0.15, 0.2) is 30.3 Å². The number of carbonyl (C=O) groups excluding carboxylic acids is 1. The Bertz CT molecular complexity index is 820. The van der Waals surface area contributed by atoms with Crippen molar-refractivity contribution in [1.82, 2.24) is 9.88 Å². The molecule has 1 aliphatic heterocycles. The maximum Gasteiger partial charge on any atom is 0.314 e. The van der Waals surface area contributed by atoms with Crippen molar-refractivity contribution in [3.05, 3.63) is 51.5 Å². The van der Waals surface area contributed by atoms with Gasteiger partial charge in [0, 0.05) is 13.1 Å². The molecule has 26 heavy (non-hydrogen) atoms. The number of thiazole rings is 1. The van der Waals surface area contributed by atoms with E-state index in [2.05, 4.69) is 4.98 Å². The molecule has 0 bridgehead atoms.